The van der Waals surface area contributed by atoms with Crippen LogP contribution in [0.25, 0.3) is 0 Å². The Morgan fingerprint density at radius 2 is 2.40 bits per heavy atom. The van der Waals surface area contributed by atoms with Gasteiger partial charge in [-0.05, 0) is 0 Å². The molecule has 0 aromatic carbocycles. The summed E-state index contributed by atoms with van der Waals surface area (Å²) in [6.07, 6.45) is 2.62. The van der Waals surface area contributed by atoms with Crippen molar-refractivity contribution < 1.29 is 9.26 Å². The van der Waals surface area contributed by atoms with E-state index < -0.39 is 0 Å². The first-order valence-electron chi connectivity index (χ1n) is 6.72. The monoisotopic (exact) mass is 278 g/mol. The van der Waals surface area contributed by atoms with E-state index in [1.165, 1.54) is 0 Å². The standard InChI is InChI=1S/C12H18N6O2/c1-3-12-14-11(16-20-12)7-18-5-8(10(6-18)19-2)9-4-13-17-15-9/h4,8,10H,3,5-7H2,1-2H3,(H,13,15,17)/t8-,10+/m0/s1. The molecule has 8 nitrogen and oxygen atoms in total. The molecule has 1 aliphatic heterocycles. The molecule has 2 aromatic rings. The topological polar surface area (TPSA) is 93.0 Å². The van der Waals surface area contributed by atoms with E-state index in [0.717, 1.165) is 31.0 Å². The van der Waals surface area contributed by atoms with E-state index in [9.17, 15) is 0 Å². The summed E-state index contributed by atoms with van der Waals surface area (Å²) in [6, 6.07) is 0. The van der Waals surface area contributed by atoms with Crippen molar-refractivity contribution in [2.24, 2.45) is 0 Å². The molecule has 8 heteroatoms. The summed E-state index contributed by atoms with van der Waals surface area (Å²) in [7, 11) is 1.73. The maximum atomic E-state index is 5.55. The number of aromatic amines is 1. The predicted molar refractivity (Wildman–Crippen MR) is 68.9 cm³/mol. The van der Waals surface area contributed by atoms with E-state index in [1.807, 2.05) is 6.92 Å². The number of H-pyrrole nitrogens is 1. The Morgan fingerprint density at radius 1 is 1.50 bits per heavy atom. The van der Waals surface area contributed by atoms with Gasteiger partial charge >= 0.3 is 0 Å². The molecular formula is C12H18N6O2. The third-order valence-corrected chi connectivity index (χ3v) is 3.64. The lowest BCUT2D eigenvalue weighted by Gasteiger charge is -2.13. The van der Waals surface area contributed by atoms with Crippen molar-refractivity contribution >= 4 is 0 Å². The third-order valence-electron chi connectivity index (χ3n) is 3.64. The van der Waals surface area contributed by atoms with E-state index in [2.05, 4.69) is 30.5 Å². The average molecular weight is 278 g/mol. The Kier molecular flexibility index (Phi) is 3.75. The van der Waals surface area contributed by atoms with E-state index in [1.54, 1.807) is 13.3 Å². The second kappa shape index (κ2) is 5.68. The lowest BCUT2D eigenvalue weighted by molar-refractivity contribution is 0.0954. The summed E-state index contributed by atoms with van der Waals surface area (Å²) in [6.45, 7) is 4.33. The molecule has 3 rings (SSSR count). The van der Waals surface area contributed by atoms with Crippen LogP contribution in [0.2, 0.25) is 0 Å². The maximum absolute atomic E-state index is 5.55. The number of nitrogens with one attached hydrogen (secondary N) is 1. The minimum Gasteiger partial charge on any atom is -0.379 e. The Bertz CT molecular complexity index is 540. The van der Waals surface area contributed by atoms with Gasteiger partial charge in [0.1, 0.15) is 0 Å². The highest BCUT2D eigenvalue weighted by molar-refractivity contribution is 5.09. The molecule has 0 amide bonds. The normalized spacial score (nSPS) is 23.5. The number of ether oxygens (including phenoxy) is 1. The van der Waals surface area contributed by atoms with Crippen LogP contribution in [0.15, 0.2) is 10.7 Å². The van der Waals surface area contributed by atoms with Gasteiger partial charge in [-0.15, -0.1) is 0 Å². The number of hydrogen-bond acceptors (Lipinski definition) is 7. The molecule has 0 bridgehead atoms. The van der Waals surface area contributed by atoms with Gasteiger partial charge in [0, 0.05) is 32.5 Å². The number of likely N-dealkylation sites (tertiary alicyclic amines) is 1. The molecule has 2 aromatic heterocycles. The lowest BCUT2D eigenvalue weighted by atomic mass is 10.0. The Morgan fingerprint density at radius 3 is 3.05 bits per heavy atom. The van der Waals surface area contributed by atoms with Gasteiger partial charge in [0.25, 0.3) is 0 Å². The van der Waals surface area contributed by atoms with Crippen molar-refractivity contribution in [1.29, 1.82) is 0 Å². The quantitative estimate of drug-likeness (QED) is 0.844. The van der Waals surface area contributed by atoms with Gasteiger partial charge in [0.15, 0.2) is 5.82 Å². The fraction of sp³-hybridized carbons (Fsp3) is 0.667. The van der Waals surface area contributed by atoms with Gasteiger partial charge in [-0.2, -0.15) is 20.4 Å². The Hall–Kier alpha value is -1.80. The van der Waals surface area contributed by atoms with Crippen LogP contribution >= 0.6 is 0 Å². The molecule has 1 saturated heterocycles. The van der Waals surface area contributed by atoms with Crippen LogP contribution < -0.4 is 0 Å². The summed E-state index contributed by atoms with van der Waals surface area (Å²) in [5, 5.41) is 14.7. The van der Waals surface area contributed by atoms with Crippen LogP contribution in [0, 0.1) is 0 Å². The smallest absolute Gasteiger partial charge is 0.226 e. The molecule has 0 unspecified atom stereocenters. The van der Waals surface area contributed by atoms with E-state index in [4.69, 9.17) is 9.26 Å². The highest BCUT2D eigenvalue weighted by atomic mass is 16.5. The second-order valence-corrected chi connectivity index (χ2v) is 4.93. The molecule has 108 valence electrons. The van der Waals surface area contributed by atoms with E-state index >= 15 is 0 Å². The minimum atomic E-state index is 0.109. The molecule has 2 atom stereocenters. The largest absolute Gasteiger partial charge is 0.379 e. The van der Waals surface area contributed by atoms with Gasteiger partial charge in [-0.25, -0.2) is 0 Å². The van der Waals surface area contributed by atoms with Crippen molar-refractivity contribution in [2.75, 3.05) is 20.2 Å². The van der Waals surface area contributed by atoms with Gasteiger partial charge in [-0.1, -0.05) is 12.1 Å². The highest BCUT2D eigenvalue weighted by Crippen LogP contribution is 2.28. The fourth-order valence-corrected chi connectivity index (χ4v) is 2.59. The first-order chi connectivity index (χ1) is 9.80. The van der Waals surface area contributed by atoms with E-state index in [0.29, 0.717) is 12.4 Å². The predicted octanol–water partition coefficient (Wildman–Crippen LogP) is 0.364. The van der Waals surface area contributed by atoms with E-state index in [-0.39, 0.29) is 12.0 Å². The van der Waals surface area contributed by atoms with Crippen LogP contribution in [0.3, 0.4) is 0 Å². The fourth-order valence-electron chi connectivity index (χ4n) is 2.59. The van der Waals surface area contributed by atoms with Crippen molar-refractivity contribution in [1.82, 2.24) is 30.5 Å². The first kappa shape index (κ1) is 13.2. The number of aryl methyl sites for hydroxylation is 1. The number of nitrogens with zero attached hydrogens (tertiary/aromatic N) is 5. The molecule has 0 spiro atoms. The molecule has 1 fully saturated rings. The average Bonchev–Trinajstić information content (AvgIpc) is 3.18. The zero-order valence-electron chi connectivity index (χ0n) is 11.6. The molecule has 0 radical (unpaired) electrons. The van der Waals surface area contributed by atoms with Crippen molar-refractivity contribution in [2.45, 2.75) is 31.9 Å². The van der Waals surface area contributed by atoms with Crippen LogP contribution in [0.1, 0.15) is 30.3 Å². The zero-order chi connectivity index (χ0) is 13.9. The van der Waals surface area contributed by atoms with Gasteiger partial charge in [0.2, 0.25) is 5.89 Å². The number of aromatic nitrogens is 5. The minimum absolute atomic E-state index is 0.109. The summed E-state index contributed by atoms with van der Waals surface area (Å²) < 4.78 is 10.7. The van der Waals surface area contributed by atoms with Gasteiger partial charge in [-0.3, -0.25) is 4.90 Å². The summed E-state index contributed by atoms with van der Waals surface area (Å²) in [4.78, 5) is 6.58. The molecule has 0 aliphatic carbocycles. The van der Waals surface area contributed by atoms with Crippen LogP contribution in [-0.4, -0.2) is 56.8 Å². The van der Waals surface area contributed by atoms with Crippen molar-refractivity contribution in [3.63, 3.8) is 0 Å². The summed E-state index contributed by atoms with van der Waals surface area (Å²) in [5.74, 6) is 1.62. The van der Waals surface area contributed by atoms with Crippen LogP contribution in [0.4, 0.5) is 0 Å². The van der Waals surface area contributed by atoms with Gasteiger partial charge in [0.05, 0.1) is 24.5 Å². The van der Waals surface area contributed by atoms with Gasteiger partial charge < -0.3 is 9.26 Å². The van der Waals surface area contributed by atoms with Crippen molar-refractivity contribution in [3.8, 4) is 0 Å². The van der Waals surface area contributed by atoms with Crippen LogP contribution in [-0.2, 0) is 17.7 Å². The summed E-state index contributed by atoms with van der Waals surface area (Å²) >= 11 is 0. The maximum Gasteiger partial charge on any atom is 0.226 e. The number of methoxy groups -OCH3 is 1. The molecule has 1 aliphatic rings. The molecule has 3 heterocycles. The molecule has 1 N–H and O–H groups in total. The number of hydrogen-bond donors (Lipinski definition) is 1. The molecular weight excluding hydrogens is 260 g/mol. The Labute approximate surface area is 116 Å². The zero-order valence-corrected chi connectivity index (χ0v) is 11.6. The number of rotatable bonds is 5. The van der Waals surface area contributed by atoms with Crippen LogP contribution in [0.5, 0.6) is 0 Å². The third kappa shape index (κ3) is 2.56. The highest BCUT2D eigenvalue weighted by Gasteiger charge is 2.35. The first-order valence-corrected chi connectivity index (χ1v) is 6.72. The SMILES string of the molecule is CCc1nc(CN2C[C@@H](OC)[C@H](c3cn[nH]n3)C2)no1. The van der Waals surface area contributed by atoms with Crippen molar-refractivity contribution in [3.05, 3.63) is 23.6 Å². The summed E-state index contributed by atoms with van der Waals surface area (Å²) in [5.41, 5.74) is 0.932. The molecule has 0 saturated carbocycles. The molecule has 20 heavy (non-hydrogen) atoms. The second-order valence-electron chi connectivity index (χ2n) is 4.93. The Balaban J connectivity index is 1.67. The lowest BCUT2D eigenvalue weighted by Crippen LogP contribution is -2.23.